The Hall–Kier alpha value is -1.20. The van der Waals surface area contributed by atoms with Gasteiger partial charge in [0, 0.05) is 32.2 Å². The lowest BCUT2D eigenvalue weighted by molar-refractivity contribution is 0.193. The van der Waals surface area contributed by atoms with Crippen molar-refractivity contribution in [3.8, 4) is 0 Å². The number of anilines is 1. The van der Waals surface area contributed by atoms with Crippen molar-refractivity contribution in [1.82, 2.24) is 14.9 Å². The largest absolute Gasteiger partial charge is 0.381 e. The number of hydrogen-bond acceptors (Lipinski definition) is 5. The normalized spacial score (nSPS) is 18.8. The van der Waals surface area contributed by atoms with Crippen LogP contribution in [-0.2, 0) is 4.74 Å². The van der Waals surface area contributed by atoms with E-state index in [1.54, 1.807) is 0 Å². The molecule has 112 valence electrons. The Labute approximate surface area is 122 Å². The average Bonchev–Trinajstić information content (AvgIpc) is 2.91. The molecule has 2 heterocycles. The van der Waals surface area contributed by atoms with Gasteiger partial charge in [-0.05, 0) is 40.4 Å². The Morgan fingerprint density at radius 1 is 1.25 bits per heavy atom. The minimum Gasteiger partial charge on any atom is -0.381 e. The molecule has 1 aliphatic heterocycles. The van der Waals surface area contributed by atoms with Crippen LogP contribution < -0.4 is 4.90 Å². The maximum atomic E-state index is 5.46. The third-order valence-corrected chi connectivity index (χ3v) is 3.68. The van der Waals surface area contributed by atoms with Gasteiger partial charge in [0.25, 0.3) is 0 Å². The summed E-state index contributed by atoms with van der Waals surface area (Å²) in [6.45, 7) is 5.71. The summed E-state index contributed by atoms with van der Waals surface area (Å²) in [5.41, 5.74) is 1.13. The van der Waals surface area contributed by atoms with Gasteiger partial charge in [-0.2, -0.15) is 0 Å². The highest BCUT2D eigenvalue weighted by atomic mass is 16.5. The van der Waals surface area contributed by atoms with E-state index in [4.69, 9.17) is 4.74 Å². The van der Waals surface area contributed by atoms with E-state index in [-0.39, 0.29) is 0 Å². The van der Waals surface area contributed by atoms with Crippen molar-refractivity contribution in [3.63, 3.8) is 0 Å². The number of ether oxygens (including phenoxy) is 1. The highest BCUT2D eigenvalue weighted by Gasteiger charge is 2.20. The maximum Gasteiger partial charge on any atom is 0.132 e. The lowest BCUT2D eigenvalue weighted by atomic mass is 10.0. The first-order chi connectivity index (χ1) is 9.56. The fourth-order valence-corrected chi connectivity index (χ4v) is 2.49. The molecule has 0 amide bonds. The van der Waals surface area contributed by atoms with Crippen LogP contribution in [0.4, 0.5) is 5.82 Å². The van der Waals surface area contributed by atoms with Gasteiger partial charge >= 0.3 is 0 Å². The lowest BCUT2D eigenvalue weighted by Gasteiger charge is -2.21. The van der Waals surface area contributed by atoms with Gasteiger partial charge in [-0.3, -0.25) is 0 Å². The fraction of sp³-hybridized carbons (Fsp3) is 0.733. The fourth-order valence-electron chi connectivity index (χ4n) is 2.49. The summed E-state index contributed by atoms with van der Waals surface area (Å²) >= 11 is 0. The highest BCUT2D eigenvalue weighted by Crippen LogP contribution is 2.25. The first kappa shape index (κ1) is 15.2. The molecule has 1 fully saturated rings. The molecule has 1 aromatic heterocycles. The van der Waals surface area contributed by atoms with Gasteiger partial charge in [-0.25, -0.2) is 9.97 Å². The molecule has 1 atom stereocenters. The maximum absolute atomic E-state index is 5.46. The summed E-state index contributed by atoms with van der Waals surface area (Å²) in [7, 11) is 6.31. The number of aryl methyl sites for hydroxylation is 1. The zero-order valence-corrected chi connectivity index (χ0v) is 13.1. The van der Waals surface area contributed by atoms with Crippen molar-refractivity contribution in [2.75, 3.05) is 52.3 Å². The minimum atomic E-state index is 0.436. The van der Waals surface area contributed by atoms with Crippen molar-refractivity contribution in [2.24, 2.45) is 0 Å². The van der Waals surface area contributed by atoms with Crippen LogP contribution in [0.25, 0.3) is 0 Å². The molecular formula is C15H26N4O. The summed E-state index contributed by atoms with van der Waals surface area (Å²) < 4.78 is 5.46. The standard InChI is InChI=1S/C15H26N4O/c1-12-16-14(13-6-9-20-11-13)10-15(17-12)19(4)8-5-7-18(2)3/h10,13H,5-9,11H2,1-4H3/t13-/m0/s1. The number of aromatic nitrogens is 2. The van der Waals surface area contributed by atoms with E-state index in [1.807, 2.05) is 6.92 Å². The molecule has 1 aliphatic rings. The van der Waals surface area contributed by atoms with Crippen molar-refractivity contribution in [3.05, 3.63) is 17.6 Å². The van der Waals surface area contributed by atoms with Crippen LogP contribution in [0.3, 0.4) is 0 Å². The Morgan fingerprint density at radius 3 is 2.70 bits per heavy atom. The molecule has 2 rings (SSSR count). The highest BCUT2D eigenvalue weighted by molar-refractivity contribution is 5.39. The summed E-state index contributed by atoms with van der Waals surface area (Å²) in [6.07, 6.45) is 2.20. The van der Waals surface area contributed by atoms with Gasteiger partial charge in [0.2, 0.25) is 0 Å². The minimum absolute atomic E-state index is 0.436. The molecule has 0 saturated carbocycles. The van der Waals surface area contributed by atoms with Crippen LogP contribution in [0, 0.1) is 6.92 Å². The number of nitrogens with zero attached hydrogens (tertiary/aromatic N) is 4. The van der Waals surface area contributed by atoms with E-state index in [1.165, 1.54) is 0 Å². The van der Waals surface area contributed by atoms with E-state index in [9.17, 15) is 0 Å². The quantitative estimate of drug-likeness (QED) is 0.792. The first-order valence-corrected chi connectivity index (χ1v) is 7.35. The van der Waals surface area contributed by atoms with Crippen molar-refractivity contribution >= 4 is 5.82 Å². The second-order valence-corrected chi connectivity index (χ2v) is 5.84. The van der Waals surface area contributed by atoms with Gasteiger partial charge in [0.05, 0.1) is 12.3 Å². The Bertz CT molecular complexity index is 430. The molecule has 20 heavy (non-hydrogen) atoms. The van der Waals surface area contributed by atoms with Gasteiger partial charge in [-0.15, -0.1) is 0 Å². The second-order valence-electron chi connectivity index (χ2n) is 5.84. The molecule has 0 bridgehead atoms. The molecule has 0 aliphatic carbocycles. The van der Waals surface area contributed by atoms with Gasteiger partial charge in [-0.1, -0.05) is 0 Å². The number of rotatable bonds is 6. The molecule has 1 saturated heterocycles. The van der Waals surface area contributed by atoms with E-state index in [0.717, 1.165) is 56.5 Å². The van der Waals surface area contributed by atoms with Crippen LogP contribution in [0.5, 0.6) is 0 Å². The number of hydrogen-bond donors (Lipinski definition) is 0. The molecule has 0 N–H and O–H groups in total. The third kappa shape index (κ3) is 4.15. The van der Waals surface area contributed by atoms with E-state index < -0.39 is 0 Å². The summed E-state index contributed by atoms with van der Waals surface area (Å²) in [5.74, 6) is 2.31. The summed E-state index contributed by atoms with van der Waals surface area (Å²) in [6, 6.07) is 2.13. The lowest BCUT2D eigenvalue weighted by Crippen LogP contribution is -2.24. The van der Waals surface area contributed by atoms with E-state index in [0.29, 0.717) is 5.92 Å². The molecule has 5 nitrogen and oxygen atoms in total. The smallest absolute Gasteiger partial charge is 0.132 e. The van der Waals surface area contributed by atoms with Crippen molar-refractivity contribution in [2.45, 2.75) is 25.7 Å². The van der Waals surface area contributed by atoms with E-state index in [2.05, 4.69) is 47.0 Å². The van der Waals surface area contributed by atoms with Gasteiger partial charge in [0.1, 0.15) is 11.6 Å². The predicted octanol–water partition coefficient (Wildman–Crippen LogP) is 1.68. The van der Waals surface area contributed by atoms with Crippen LogP contribution in [0.15, 0.2) is 6.07 Å². The third-order valence-electron chi connectivity index (χ3n) is 3.68. The molecule has 0 radical (unpaired) electrons. The van der Waals surface area contributed by atoms with Crippen molar-refractivity contribution in [1.29, 1.82) is 0 Å². The summed E-state index contributed by atoms with van der Waals surface area (Å²) in [5, 5.41) is 0. The molecule has 0 spiro atoms. The molecule has 5 heteroatoms. The molecule has 1 aromatic rings. The molecule has 0 aromatic carbocycles. The average molecular weight is 278 g/mol. The Balaban J connectivity index is 2.02. The topological polar surface area (TPSA) is 41.5 Å². The zero-order valence-electron chi connectivity index (χ0n) is 13.1. The SMILES string of the molecule is Cc1nc([C@H]2CCOC2)cc(N(C)CCCN(C)C)n1. The van der Waals surface area contributed by atoms with Crippen LogP contribution in [-0.4, -0.2) is 62.3 Å². The monoisotopic (exact) mass is 278 g/mol. The molecule has 0 unspecified atom stereocenters. The first-order valence-electron chi connectivity index (χ1n) is 7.35. The van der Waals surface area contributed by atoms with Gasteiger partial charge < -0.3 is 14.5 Å². The second kappa shape index (κ2) is 6.99. The van der Waals surface area contributed by atoms with Crippen LogP contribution in [0.2, 0.25) is 0 Å². The van der Waals surface area contributed by atoms with Gasteiger partial charge in [0.15, 0.2) is 0 Å². The van der Waals surface area contributed by atoms with Crippen molar-refractivity contribution < 1.29 is 4.74 Å². The predicted molar refractivity (Wildman–Crippen MR) is 81.4 cm³/mol. The Kier molecular flexibility index (Phi) is 5.31. The molecular weight excluding hydrogens is 252 g/mol. The van der Waals surface area contributed by atoms with E-state index >= 15 is 0 Å². The zero-order chi connectivity index (χ0) is 14.5. The Morgan fingerprint density at radius 2 is 2.05 bits per heavy atom. The van der Waals surface area contributed by atoms with Crippen LogP contribution >= 0.6 is 0 Å². The summed E-state index contributed by atoms with van der Waals surface area (Å²) in [4.78, 5) is 13.6. The van der Waals surface area contributed by atoms with Crippen LogP contribution in [0.1, 0.15) is 30.3 Å².